The summed E-state index contributed by atoms with van der Waals surface area (Å²) in [7, 11) is 0. The van der Waals surface area contributed by atoms with Gasteiger partial charge in [-0.25, -0.2) is 0 Å². The topological polar surface area (TPSA) is 20.2 Å². The molecule has 0 amide bonds. The highest BCUT2D eigenvalue weighted by atomic mass is 16.3. The average Bonchev–Trinajstić information content (AvgIpc) is 2.99. The summed E-state index contributed by atoms with van der Waals surface area (Å²) in [5.41, 5.74) is 0.651. The van der Waals surface area contributed by atoms with E-state index in [1.165, 1.54) is 18.4 Å². The van der Waals surface area contributed by atoms with Crippen molar-refractivity contribution < 1.29 is 5.11 Å². The van der Waals surface area contributed by atoms with E-state index in [9.17, 15) is 5.11 Å². The number of aliphatic hydroxyl groups is 1. The smallest absolute Gasteiger partial charge is 0.1000 e. The summed E-state index contributed by atoms with van der Waals surface area (Å²) in [5, 5.41) is 11.5. The zero-order valence-corrected chi connectivity index (χ0v) is 11.1. The van der Waals surface area contributed by atoms with Crippen molar-refractivity contribution >= 4 is 0 Å². The Morgan fingerprint density at radius 2 is 2.24 bits per heavy atom. The number of fused-ring (bicyclic) bond motifs is 2. The van der Waals surface area contributed by atoms with Gasteiger partial charge in [0.1, 0.15) is 0 Å². The van der Waals surface area contributed by atoms with Crippen LogP contribution in [0.15, 0.2) is 24.3 Å². The van der Waals surface area contributed by atoms with Crippen LogP contribution in [0, 0.1) is 16.7 Å². The molecule has 0 radical (unpaired) electrons. The fraction of sp³-hybridized carbons (Fsp3) is 0.750. The van der Waals surface area contributed by atoms with Gasteiger partial charge in [0, 0.05) is 10.8 Å². The predicted octanol–water partition coefficient (Wildman–Crippen LogP) is 3.84. The van der Waals surface area contributed by atoms with E-state index in [-0.39, 0.29) is 10.8 Å². The number of hydrogen-bond donors (Lipinski definition) is 1. The van der Waals surface area contributed by atoms with Gasteiger partial charge in [0.2, 0.25) is 0 Å². The van der Waals surface area contributed by atoms with Gasteiger partial charge in [0.05, 0.1) is 5.60 Å². The van der Waals surface area contributed by atoms with Crippen LogP contribution in [0.3, 0.4) is 0 Å². The van der Waals surface area contributed by atoms with Crippen molar-refractivity contribution in [1.29, 1.82) is 0 Å². The van der Waals surface area contributed by atoms with Gasteiger partial charge in [-0.3, -0.25) is 0 Å². The van der Waals surface area contributed by atoms with Crippen LogP contribution in [0.1, 0.15) is 52.4 Å². The highest BCUT2D eigenvalue weighted by molar-refractivity contribution is 5.38. The third kappa shape index (κ3) is 1.10. The van der Waals surface area contributed by atoms with Crippen LogP contribution in [0.2, 0.25) is 0 Å². The first-order valence-electron chi connectivity index (χ1n) is 7.03. The molecule has 2 saturated carbocycles. The SMILES string of the molecule is C=C[C@@]12CC[C@@H](C1)C(C)(C)[C@@]2(O)C1=CCCC1. The summed E-state index contributed by atoms with van der Waals surface area (Å²) in [6.07, 6.45) is 11.3. The number of hydrogen-bond acceptors (Lipinski definition) is 1. The lowest BCUT2D eigenvalue weighted by Gasteiger charge is -2.52. The average molecular weight is 232 g/mol. The lowest BCUT2D eigenvalue weighted by atomic mass is 9.56. The molecule has 3 aliphatic carbocycles. The van der Waals surface area contributed by atoms with Gasteiger partial charge >= 0.3 is 0 Å². The first kappa shape index (κ1) is 11.5. The summed E-state index contributed by atoms with van der Waals surface area (Å²) in [5.74, 6) is 0.659. The Hall–Kier alpha value is -0.560. The molecule has 17 heavy (non-hydrogen) atoms. The molecule has 0 aromatic carbocycles. The molecule has 94 valence electrons. The molecule has 1 N–H and O–H groups in total. The monoisotopic (exact) mass is 232 g/mol. The highest BCUT2D eigenvalue weighted by Crippen LogP contribution is 2.71. The van der Waals surface area contributed by atoms with Gasteiger partial charge in [0.15, 0.2) is 0 Å². The summed E-state index contributed by atoms with van der Waals surface area (Å²) in [6, 6.07) is 0. The van der Waals surface area contributed by atoms with E-state index < -0.39 is 5.60 Å². The maximum Gasteiger partial charge on any atom is 0.1000 e. The molecule has 3 rings (SSSR count). The maximum absolute atomic E-state index is 11.5. The minimum Gasteiger partial charge on any atom is -0.384 e. The Bertz CT molecular complexity index is 392. The third-order valence-corrected chi connectivity index (χ3v) is 6.12. The molecular formula is C16H24O. The maximum atomic E-state index is 11.5. The molecule has 0 aromatic rings. The van der Waals surface area contributed by atoms with E-state index in [0.29, 0.717) is 5.92 Å². The summed E-state index contributed by atoms with van der Waals surface area (Å²) < 4.78 is 0. The molecule has 0 aromatic heterocycles. The van der Waals surface area contributed by atoms with Crippen LogP contribution >= 0.6 is 0 Å². The van der Waals surface area contributed by atoms with Gasteiger partial charge in [-0.1, -0.05) is 26.0 Å². The van der Waals surface area contributed by atoms with Gasteiger partial charge < -0.3 is 5.11 Å². The van der Waals surface area contributed by atoms with Crippen molar-refractivity contribution in [3.8, 4) is 0 Å². The highest BCUT2D eigenvalue weighted by Gasteiger charge is 2.70. The van der Waals surface area contributed by atoms with Crippen LogP contribution in [0.4, 0.5) is 0 Å². The molecule has 3 aliphatic rings. The summed E-state index contributed by atoms with van der Waals surface area (Å²) in [6.45, 7) is 8.59. The quantitative estimate of drug-likeness (QED) is 0.717. The van der Waals surface area contributed by atoms with Crippen molar-refractivity contribution in [2.24, 2.45) is 16.7 Å². The van der Waals surface area contributed by atoms with Crippen LogP contribution in [0.25, 0.3) is 0 Å². The Morgan fingerprint density at radius 1 is 1.47 bits per heavy atom. The molecule has 3 atom stereocenters. The zero-order chi connectivity index (χ0) is 12.3. The van der Waals surface area contributed by atoms with Crippen molar-refractivity contribution in [2.45, 2.75) is 58.0 Å². The van der Waals surface area contributed by atoms with Crippen LogP contribution < -0.4 is 0 Å². The molecule has 0 aliphatic heterocycles. The molecule has 0 spiro atoms. The second-order valence-corrected chi connectivity index (χ2v) is 6.85. The van der Waals surface area contributed by atoms with Gasteiger partial charge in [-0.2, -0.15) is 0 Å². The first-order valence-corrected chi connectivity index (χ1v) is 7.03. The van der Waals surface area contributed by atoms with Gasteiger partial charge in [-0.15, -0.1) is 6.58 Å². The van der Waals surface area contributed by atoms with E-state index in [1.807, 2.05) is 0 Å². The third-order valence-electron chi connectivity index (χ3n) is 6.12. The van der Waals surface area contributed by atoms with Crippen molar-refractivity contribution in [2.75, 3.05) is 0 Å². The zero-order valence-electron chi connectivity index (χ0n) is 11.1. The molecule has 1 heteroatoms. The standard InChI is InChI=1S/C16H24O/c1-4-15-10-9-13(11-15)14(2,3)16(15,17)12-7-5-6-8-12/h4,7,13,17H,1,5-6,8-11H2,2-3H3/t13-,15+,16-/m0/s1. The first-order chi connectivity index (χ1) is 7.98. The number of rotatable bonds is 2. The molecule has 2 bridgehead atoms. The Kier molecular flexibility index (Phi) is 2.21. The minimum atomic E-state index is -0.624. The molecular weight excluding hydrogens is 208 g/mol. The fourth-order valence-electron chi connectivity index (χ4n) is 5.02. The Morgan fingerprint density at radius 3 is 2.82 bits per heavy atom. The van der Waals surface area contributed by atoms with E-state index in [0.717, 1.165) is 25.7 Å². The number of allylic oxidation sites excluding steroid dienone is 1. The van der Waals surface area contributed by atoms with E-state index in [1.54, 1.807) is 0 Å². The normalized spacial score (nSPS) is 47.2. The molecule has 0 unspecified atom stereocenters. The van der Waals surface area contributed by atoms with Crippen molar-refractivity contribution in [3.63, 3.8) is 0 Å². The van der Waals surface area contributed by atoms with E-state index >= 15 is 0 Å². The molecule has 2 fully saturated rings. The van der Waals surface area contributed by atoms with Crippen LogP contribution in [-0.4, -0.2) is 10.7 Å². The lowest BCUT2D eigenvalue weighted by molar-refractivity contribution is -0.103. The van der Waals surface area contributed by atoms with E-state index in [2.05, 4.69) is 32.6 Å². The van der Waals surface area contributed by atoms with Gasteiger partial charge in [-0.05, 0) is 50.0 Å². The second kappa shape index (κ2) is 3.26. The molecule has 0 heterocycles. The minimum absolute atomic E-state index is 0.00954. The van der Waals surface area contributed by atoms with E-state index in [4.69, 9.17) is 0 Å². The summed E-state index contributed by atoms with van der Waals surface area (Å²) in [4.78, 5) is 0. The summed E-state index contributed by atoms with van der Waals surface area (Å²) >= 11 is 0. The van der Waals surface area contributed by atoms with Crippen LogP contribution in [0.5, 0.6) is 0 Å². The Labute approximate surface area is 105 Å². The lowest BCUT2D eigenvalue weighted by Crippen LogP contribution is -2.55. The molecule has 1 nitrogen and oxygen atoms in total. The fourth-order valence-corrected chi connectivity index (χ4v) is 5.02. The predicted molar refractivity (Wildman–Crippen MR) is 70.6 cm³/mol. The Balaban J connectivity index is 2.14. The van der Waals surface area contributed by atoms with Crippen molar-refractivity contribution in [1.82, 2.24) is 0 Å². The van der Waals surface area contributed by atoms with Crippen molar-refractivity contribution in [3.05, 3.63) is 24.3 Å². The van der Waals surface area contributed by atoms with Gasteiger partial charge in [0.25, 0.3) is 0 Å². The second-order valence-electron chi connectivity index (χ2n) is 6.85. The van der Waals surface area contributed by atoms with Crippen LogP contribution in [-0.2, 0) is 0 Å². The largest absolute Gasteiger partial charge is 0.384 e. The molecule has 0 saturated heterocycles.